The first kappa shape index (κ1) is 15.1. The summed E-state index contributed by atoms with van der Waals surface area (Å²) in [6.45, 7) is 2.35. The Morgan fingerprint density at radius 2 is 2.04 bits per heavy atom. The summed E-state index contributed by atoms with van der Waals surface area (Å²) in [4.78, 5) is 16.4. The molecule has 0 saturated heterocycles. The number of para-hydroxylation sites is 2. The van der Waals surface area contributed by atoms with E-state index in [0.29, 0.717) is 12.3 Å². The van der Waals surface area contributed by atoms with E-state index in [9.17, 15) is 4.79 Å². The number of carbonyl (C=O) groups excluding carboxylic acids is 1. The third kappa shape index (κ3) is 3.51. The van der Waals surface area contributed by atoms with E-state index in [1.165, 1.54) is 0 Å². The second-order valence-electron chi connectivity index (χ2n) is 5.46. The number of hydrogen-bond acceptors (Lipinski definition) is 3. The summed E-state index contributed by atoms with van der Waals surface area (Å²) in [7, 11) is 1.94. The van der Waals surface area contributed by atoms with Gasteiger partial charge in [-0.2, -0.15) is 0 Å². The first-order chi connectivity index (χ1) is 11.1. The van der Waals surface area contributed by atoms with Gasteiger partial charge in [-0.3, -0.25) is 4.79 Å². The van der Waals surface area contributed by atoms with Crippen molar-refractivity contribution in [1.82, 2.24) is 14.9 Å². The number of carbonyl (C=O) groups is 1. The highest BCUT2D eigenvalue weighted by atomic mass is 16.5. The van der Waals surface area contributed by atoms with E-state index >= 15 is 0 Å². The van der Waals surface area contributed by atoms with Crippen molar-refractivity contribution >= 4 is 16.9 Å². The lowest BCUT2D eigenvalue weighted by Crippen LogP contribution is -2.29. The number of amides is 1. The highest BCUT2D eigenvalue weighted by Crippen LogP contribution is 2.14. The molecule has 118 valence electrons. The van der Waals surface area contributed by atoms with Gasteiger partial charge in [0.1, 0.15) is 11.6 Å². The molecule has 0 unspecified atom stereocenters. The molecule has 1 heterocycles. The zero-order valence-electron chi connectivity index (χ0n) is 13.2. The molecule has 1 amide bonds. The molecule has 5 nitrogen and oxygen atoms in total. The second kappa shape index (κ2) is 6.52. The van der Waals surface area contributed by atoms with Crippen LogP contribution >= 0.6 is 0 Å². The van der Waals surface area contributed by atoms with E-state index in [4.69, 9.17) is 4.74 Å². The molecule has 1 aromatic heterocycles. The molecule has 2 aromatic carbocycles. The van der Waals surface area contributed by atoms with Gasteiger partial charge in [0.05, 0.1) is 17.6 Å². The number of nitrogens with one attached hydrogen (secondary N) is 1. The number of aromatic nitrogens is 2. The largest absolute Gasteiger partial charge is 0.484 e. The van der Waals surface area contributed by atoms with Gasteiger partial charge < -0.3 is 14.6 Å². The van der Waals surface area contributed by atoms with Crippen molar-refractivity contribution in [1.29, 1.82) is 0 Å². The highest BCUT2D eigenvalue weighted by Gasteiger charge is 2.09. The van der Waals surface area contributed by atoms with Crippen molar-refractivity contribution in [3.63, 3.8) is 0 Å². The smallest absolute Gasteiger partial charge is 0.258 e. The summed E-state index contributed by atoms with van der Waals surface area (Å²) in [6.07, 6.45) is 0. The minimum atomic E-state index is -0.168. The Kier molecular flexibility index (Phi) is 4.28. The third-order valence-electron chi connectivity index (χ3n) is 3.68. The molecule has 3 rings (SSSR count). The molecule has 0 aliphatic rings. The number of rotatable bonds is 5. The van der Waals surface area contributed by atoms with Crippen LogP contribution in [0.5, 0.6) is 5.75 Å². The molecule has 23 heavy (non-hydrogen) atoms. The topological polar surface area (TPSA) is 56.1 Å². The van der Waals surface area contributed by atoms with Crippen LogP contribution in [0.3, 0.4) is 0 Å². The molecule has 0 atom stereocenters. The van der Waals surface area contributed by atoms with Crippen molar-refractivity contribution in [2.24, 2.45) is 7.05 Å². The Bertz CT molecular complexity index is 839. The van der Waals surface area contributed by atoms with Crippen LogP contribution in [0.4, 0.5) is 0 Å². The minimum absolute atomic E-state index is 0.00655. The molecule has 1 N–H and O–H groups in total. The lowest BCUT2D eigenvalue weighted by Gasteiger charge is -2.08. The average Bonchev–Trinajstić information content (AvgIpc) is 2.88. The van der Waals surface area contributed by atoms with Gasteiger partial charge in [0.25, 0.3) is 5.91 Å². The number of benzene rings is 2. The van der Waals surface area contributed by atoms with E-state index in [1.807, 2.05) is 67.1 Å². The molecule has 0 aliphatic carbocycles. The fourth-order valence-corrected chi connectivity index (χ4v) is 2.44. The van der Waals surface area contributed by atoms with Crippen LogP contribution in [0.2, 0.25) is 0 Å². The number of hydrogen-bond donors (Lipinski definition) is 1. The summed E-state index contributed by atoms with van der Waals surface area (Å²) >= 11 is 0. The van der Waals surface area contributed by atoms with Gasteiger partial charge >= 0.3 is 0 Å². The fourth-order valence-electron chi connectivity index (χ4n) is 2.44. The van der Waals surface area contributed by atoms with Gasteiger partial charge in [-0.15, -0.1) is 0 Å². The molecule has 0 bridgehead atoms. The van der Waals surface area contributed by atoms with Gasteiger partial charge in [0.2, 0.25) is 0 Å². The van der Waals surface area contributed by atoms with E-state index < -0.39 is 0 Å². The summed E-state index contributed by atoms with van der Waals surface area (Å²) in [5, 5.41) is 2.84. The van der Waals surface area contributed by atoms with Crippen molar-refractivity contribution in [3.8, 4) is 5.75 Å². The summed E-state index contributed by atoms with van der Waals surface area (Å²) in [5.74, 6) is 1.34. The van der Waals surface area contributed by atoms with Crippen LogP contribution < -0.4 is 10.1 Å². The maximum atomic E-state index is 11.9. The van der Waals surface area contributed by atoms with Crippen molar-refractivity contribution in [2.75, 3.05) is 6.61 Å². The normalized spacial score (nSPS) is 10.7. The number of fused-ring (bicyclic) bond motifs is 1. The quantitative estimate of drug-likeness (QED) is 0.788. The Hall–Kier alpha value is -2.82. The van der Waals surface area contributed by atoms with Crippen molar-refractivity contribution in [3.05, 3.63) is 59.9 Å². The fraction of sp³-hybridized carbons (Fsp3) is 0.222. The van der Waals surface area contributed by atoms with Crippen LogP contribution in [0.25, 0.3) is 11.0 Å². The van der Waals surface area contributed by atoms with Crippen LogP contribution in [0.1, 0.15) is 11.4 Å². The first-order valence-electron chi connectivity index (χ1n) is 7.50. The highest BCUT2D eigenvalue weighted by molar-refractivity contribution is 5.78. The summed E-state index contributed by atoms with van der Waals surface area (Å²) in [6, 6.07) is 15.5. The molecule has 0 saturated carbocycles. The molecule has 0 spiro atoms. The molecule has 3 aromatic rings. The summed E-state index contributed by atoms with van der Waals surface area (Å²) < 4.78 is 7.47. The van der Waals surface area contributed by atoms with Crippen LogP contribution in [0, 0.1) is 6.92 Å². The predicted molar refractivity (Wildman–Crippen MR) is 89.2 cm³/mol. The Morgan fingerprint density at radius 1 is 1.22 bits per heavy atom. The third-order valence-corrected chi connectivity index (χ3v) is 3.68. The van der Waals surface area contributed by atoms with Gasteiger partial charge in [-0.1, -0.05) is 24.3 Å². The maximum Gasteiger partial charge on any atom is 0.258 e. The van der Waals surface area contributed by atoms with Crippen LogP contribution in [-0.2, 0) is 18.4 Å². The van der Waals surface area contributed by atoms with Crippen LogP contribution in [0.15, 0.2) is 48.5 Å². The number of nitrogens with zero attached hydrogens (tertiary/aromatic N) is 2. The van der Waals surface area contributed by atoms with Gasteiger partial charge in [0.15, 0.2) is 6.61 Å². The van der Waals surface area contributed by atoms with E-state index in [1.54, 1.807) is 0 Å². The Balaban J connectivity index is 1.57. The Morgan fingerprint density at radius 3 is 2.83 bits per heavy atom. The van der Waals surface area contributed by atoms with Gasteiger partial charge in [-0.25, -0.2) is 4.98 Å². The van der Waals surface area contributed by atoms with Gasteiger partial charge in [0, 0.05) is 7.05 Å². The summed E-state index contributed by atoms with van der Waals surface area (Å²) in [5.41, 5.74) is 3.07. The number of imidazole rings is 1. The molecule has 0 aliphatic heterocycles. The lowest BCUT2D eigenvalue weighted by molar-refractivity contribution is -0.123. The van der Waals surface area contributed by atoms with Crippen molar-refractivity contribution in [2.45, 2.75) is 13.5 Å². The minimum Gasteiger partial charge on any atom is -0.484 e. The maximum absolute atomic E-state index is 11.9. The average molecular weight is 309 g/mol. The van der Waals surface area contributed by atoms with E-state index in [-0.39, 0.29) is 12.5 Å². The lowest BCUT2D eigenvalue weighted by atomic mass is 10.2. The zero-order valence-corrected chi connectivity index (χ0v) is 13.2. The first-order valence-corrected chi connectivity index (χ1v) is 7.50. The molecular formula is C18H19N3O2. The zero-order chi connectivity index (χ0) is 16.2. The molecule has 5 heteroatoms. The number of ether oxygens (including phenoxy) is 1. The van der Waals surface area contributed by atoms with E-state index in [0.717, 1.165) is 22.4 Å². The molecular weight excluding hydrogens is 290 g/mol. The SMILES string of the molecule is Cc1cccc(OCC(=O)NCc2nc3ccccc3n2C)c1. The van der Waals surface area contributed by atoms with Crippen molar-refractivity contribution < 1.29 is 9.53 Å². The molecule has 0 fully saturated rings. The van der Waals surface area contributed by atoms with E-state index in [2.05, 4.69) is 10.3 Å². The Labute approximate surface area is 134 Å². The van der Waals surface area contributed by atoms with Crippen LogP contribution in [-0.4, -0.2) is 22.1 Å². The second-order valence-corrected chi connectivity index (χ2v) is 5.46. The predicted octanol–water partition coefficient (Wildman–Crippen LogP) is 2.58. The van der Waals surface area contributed by atoms with Gasteiger partial charge in [-0.05, 0) is 36.8 Å². The standard InChI is InChI=1S/C18H19N3O2/c1-13-6-5-7-14(10-13)23-12-18(22)19-11-17-20-15-8-3-4-9-16(15)21(17)2/h3-10H,11-12H2,1-2H3,(H,19,22). The molecule has 0 radical (unpaired) electrons. The monoisotopic (exact) mass is 309 g/mol. The number of aryl methyl sites for hydroxylation is 2.